The Morgan fingerprint density at radius 3 is 2.67 bits per heavy atom. The standard InChI is InChI=1S/C21H30N8O/c1-14(2)19-16(13-29(5)27-19)12-28(4)21(22-3)23-11-18-24-20(26-25-18)15-7-9-17(30-6)10-8-15/h7-10,13-14H,11-12H2,1-6H3,(H,22,23)(H,24,25,26). The van der Waals surface area contributed by atoms with Crippen LogP contribution in [-0.2, 0) is 20.1 Å². The molecular weight excluding hydrogens is 380 g/mol. The molecule has 2 heterocycles. The van der Waals surface area contributed by atoms with Crippen molar-refractivity contribution in [2.24, 2.45) is 12.0 Å². The van der Waals surface area contributed by atoms with E-state index in [1.165, 1.54) is 5.56 Å². The second-order valence-electron chi connectivity index (χ2n) is 7.46. The van der Waals surface area contributed by atoms with Crippen LogP contribution in [0.1, 0.15) is 36.8 Å². The van der Waals surface area contributed by atoms with Crippen molar-refractivity contribution in [3.63, 3.8) is 0 Å². The lowest BCUT2D eigenvalue weighted by molar-refractivity contribution is 0.415. The molecule has 0 spiro atoms. The number of benzene rings is 1. The molecule has 0 fully saturated rings. The first-order valence-electron chi connectivity index (χ1n) is 9.91. The molecule has 3 rings (SSSR count). The molecule has 0 atom stereocenters. The van der Waals surface area contributed by atoms with E-state index in [4.69, 9.17) is 4.74 Å². The van der Waals surface area contributed by atoms with Crippen molar-refractivity contribution in [3.05, 3.63) is 47.5 Å². The van der Waals surface area contributed by atoms with Crippen molar-refractivity contribution in [3.8, 4) is 17.1 Å². The lowest BCUT2D eigenvalue weighted by Gasteiger charge is -2.22. The zero-order valence-electron chi connectivity index (χ0n) is 18.5. The molecule has 1 aromatic carbocycles. The zero-order chi connectivity index (χ0) is 21.7. The van der Waals surface area contributed by atoms with Crippen LogP contribution >= 0.6 is 0 Å². The van der Waals surface area contributed by atoms with E-state index >= 15 is 0 Å². The Morgan fingerprint density at radius 1 is 1.30 bits per heavy atom. The lowest BCUT2D eigenvalue weighted by Crippen LogP contribution is -2.38. The molecule has 2 N–H and O–H groups in total. The van der Waals surface area contributed by atoms with Crippen molar-refractivity contribution in [2.45, 2.75) is 32.9 Å². The van der Waals surface area contributed by atoms with E-state index in [2.05, 4.69) is 55.5 Å². The van der Waals surface area contributed by atoms with E-state index in [0.717, 1.165) is 28.8 Å². The summed E-state index contributed by atoms with van der Waals surface area (Å²) in [6, 6.07) is 7.66. The topological polar surface area (TPSA) is 96.2 Å². The minimum atomic E-state index is 0.371. The largest absolute Gasteiger partial charge is 0.497 e. The quantitative estimate of drug-likeness (QED) is 0.459. The summed E-state index contributed by atoms with van der Waals surface area (Å²) in [5, 5.41) is 15.2. The molecule has 9 nitrogen and oxygen atoms in total. The second-order valence-corrected chi connectivity index (χ2v) is 7.46. The Bertz CT molecular complexity index is 987. The van der Waals surface area contributed by atoms with E-state index in [9.17, 15) is 0 Å². The predicted molar refractivity (Wildman–Crippen MR) is 117 cm³/mol. The van der Waals surface area contributed by atoms with Crippen molar-refractivity contribution in [1.29, 1.82) is 0 Å². The number of hydrogen-bond donors (Lipinski definition) is 2. The smallest absolute Gasteiger partial charge is 0.194 e. The summed E-state index contributed by atoms with van der Waals surface area (Å²) in [5.74, 6) is 3.33. The number of H-pyrrole nitrogens is 1. The van der Waals surface area contributed by atoms with Crippen molar-refractivity contribution in [2.75, 3.05) is 21.2 Å². The van der Waals surface area contributed by atoms with Gasteiger partial charge in [-0.15, -0.1) is 0 Å². The van der Waals surface area contributed by atoms with E-state index in [-0.39, 0.29) is 0 Å². The fourth-order valence-electron chi connectivity index (χ4n) is 3.28. The molecule has 0 saturated carbocycles. The van der Waals surface area contributed by atoms with Gasteiger partial charge in [-0.25, -0.2) is 4.98 Å². The molecule has 0 aliphatic rings. The van der Waals surface area contributed by atoms with Crippen LogP contribution in [0.4, 0.5) is 0 Å². The predicted octanol–water partition coefficient (Wildman–Crippen LogP) is 2.54. The Morgan fingerprint density at radius 2 is 2.03 bits per heavy atom. The van der Waals surface area contributed by atoms with Crippen LogP contribution in [0.25, 0.3) is 11.4 Å². The number of guanidine groups is 1. The Hall–Kier alpha value is -3.36. The van der Waals surface area contributed by atoms with Gasteiger partial charge in [-0.2, -0.15) is 10.2 Å². The minimum Gasteiger partial charge on any atom is -0.497 e. The summed E-state index contributed by atoms with van der Waals surface area (Å²) in [5.41, 5.74) is 3.23. The minimum absolute atomic E-state index is 0.371. The third-order valence-corrected chi connectivity index (χ3v) is 4.76. The first-order chi connectivity index (χ1) is 14.4. The van der Waals surface area contributed by atoms with Crippen LogP contribution in [0.15, 0.2) is 35.5 Å². The molecule has 30 heavy (non-hydrogen) atoms. The number of nitrogens with zero attached hydrogens (tertiary/aromatic N) is 6. The van der Waals surface area contributed by atoms with Gasteiger partial charge in [0.25, 0.3) is 0 Å². The highest BCUT2D eigenvalue weighted by Crippen LogP contribution is 2.20. The molecular formula is C21H30N8O. The maximum Gasteiger partial charge on any atom is 0.194 e. The highest BCUT2D eigenvalue weighted by molar-refractivity contribution is 5.79. The van der Waals surface area contributed by atoms with Gasteiger partial charge < -0.3 is 15.0 Å². The third-order valence-electron chi connectivity index (χ3n) is 4.76. The van der Waals surface area contributed by atoms with Gasteiger partial charge in [0, 0.05) is 45.0 Å². The van der Waals surface area contributed by atoms with Crippen LogP contribution in [0, 0.1) is 0 Å². The Kier molecular flexibility index (Phi) is 6.71. The average molecular weight is 411 g/mol. The Labute approximate surface area is 177 Å². The van der Waals surface area contributed by atoms with Gasteiger partial charge in [0.05, 0.1) is 19.3 Å². The highest BCUT2D eigenvalue weighted by Gasteiger charge is 2.15. The van der Waals surface area contributed by atoms with Crippen LogP contribution in [-0.4, -0.2) is 57.0 Å². The van der Waals surface area contributed by atoms with Gasteiger partial charge in [0.1, 0.15) is 11.6 Å². The number of aromatic nitrogens is 5. The molecule has 0 aliphatic heterocycles. The van der Waals surface area contributed by atoms with Crippen molar-refractivity contribution in [1.82, 2.24) is 35.2 Å². The number of aromatic amines is 1. The van der Waals surface area contributed by atoms with Crippen molar-refractivity contribution < 1.29 is 4.74 Å². The number of methoxy groups -OCH3 is 1. The van der Waals surface area contributed by atoms with Crippen LogP contribution in [0.3, 0.4) is 0 Å². The molecule has 0 bridgehead atoms. The summed E-state index contributed by atoms with van der Waals surface area (Å²) in [6.45, 7) is 5.52. The molecule has 2 aromatic heterocycles. The molecule has 3 aromatic rings. The van der Waals surface area contributed by atoms with E-state index < -0.39 is 0 Å². The van der Waals surface area contributed by atoms with Crippen molar-refractivity contribution >= 4 is 5.96 Å². The normalized spacial score (nSPS) is 11.8. The second kappa shape index (κ2) is 9.43. The molecule has 160 valence electrons. The average Bonchev–Trinajstić information content (AvgIpc) is 3.35. The number of rotatable bonds is 7. The summed E-state index contributed by atoms with van der Waals surface area (Å²) < 4.78 is 7.06. The van der Waals surface area contributed by atoms with E-state index in [1.54, 1.807) is 14.2 Å². The number of nitrogens with one attached hydrogen (secondary N) is 2. The maximum atomic E-state index is 5.19. The number of hydrogen-bond acceptors (Lipinski definition) is 5. The molecule has 0 aliphatic carbocycles. The number of aliphatic imine (C=N–C) groups is 1. The summed E-state index contributed by atoms with van der Waals surface area (Å²) in [6.07, 6.45) is 2.07. The van der Waals surface area contributed by atoms with Gasteiger partial charge >= 0.3 is 0 Å². The Balaban J connectivity index is 1.62. The van der Waals surface area contributed by atoms with Gasteiger partial charge in [-0.3, -0.25) is 14.8 Å². The number of ether oxygens (including phenoxy) is 1. The van der Waals surface area contributed by atoms with E-state index in [1.807, 2.05) is 43.0 Å². The third kappa shape index (κ3) is 4.97. The van der Waals surface area contributed by atoms with Crippen LogP contribution in [0.5, 0.6) is 5.75 Å². The zero-order valence-corrected chi connectivity index (χ0v) is 18.5. The fourth-order valence-corrected chi connectivity index (χ4v) is 3.28. The van der Waals surface area contributed by atoms with Crippen LogP contribution in [0.2, 0.25) is 0 Å². The molecule has 0 unspecified atom stereocenters. The van der Waals surface area contributed by atoms with Gasteiger partial charge in [-0.05, 0) is 30.2 Å². The molecule has 0 saturated heterocycles. The fraction of sp³-hybridized carbons (Fsp3) is 0.429. The summed E-state index contributed by atoms with van der Waals surface area (Å²) in [7, 11) is 7.38. The van der Waals surface area contributed by atoms with Crippen LogP contribution < -0.4 is 10.1 Å². The van der Waals surface area contributed by atoms with E-state index in [0.29, 0.717) is 24.8 Å². The van der Waals surface area contributed by atoms with Gasteiger partial charge in [-0.1, -0.05) is 13.8 Å². The number of aryl methyl sites for hydroxylation is 1. The lowest BCUT2D eigenvalue weighted by atomic mass is 10.1. The molecule has 9 heteroatoms. The van der Waals surface area contributed by atoms with Gasteiger partial charge in [0.15, 0.2) is 11.8 Å². The summed E-state index contributed by atoms with van der Waals surface area (Å²) in [4.78, 5) is 11.0. The monoisotopic (exact) mass is 410 g/mol. The first kappa shape index (κ1) is 21.4. The maximum absolute atomic E-state index is 5.19. The SMILES string of the molecule is CN=C(NCc1nc(-c2ccc(OC)cc2)n[nH]1)N(C)Cc1cn(C)nc1C(C)C. The molecule has 0 amide bonds. The highest BCUT2D eigenvalue weighted by atomic mass is 16.5. The first-order valence-corrected chi connectivity index (χ1v) is 9.91. The molecule has 0 radical (unpaired) electrons. The summed E-state index contributed by atoms with van der Waals surface area (Å²) >= 11 is 0. The van der Waals surface area contributed by atoms with Gasteiger partial charge in [0.2, 0.25) is 0 Å².